The molecule has 7 nitrogen and oxygen atoms in total. The number of benzene rings is 2. The molecule has 1 aliphatic rings. The van der Waals surface area contributed by atoms with E-state index in [0.717, 1.165) is 28.0 Å². The van der Waals surface area contributed by atoms with Crippen LogP contribution < -0.4 is 5.32 Å². The number of nitrogens with one attached hydrogen (secondary N) is 1. The van der Waals surface area contributed by atoms with Crippen molar-refractivity contribution < 1.29 is 19.1 Å². The number of nitrogens with zero attached hydrogens (tertiary/aromatic N) is 2. The lowest BCUT2D eigenvalue weighted by molar-refractivity contribution is -0.137. The minimum atomic E-state index is -0.450. The Bertz CT molecular complexity index is 1130. The zero-order valence-electron chi connectivity index (χ0n) is 16.9. The summed E-state index contributed by atoms with van der Waals surface area (Å²) in [6, 6.07) is 13.4. The van der Waals surface area contributed by atoms with Crippen molar-refractivity contribution in [1.82, 2.24) is 9.88 Å². The molecule has 2 N–H and O–H groups in total. The Morgan fingerprint density at radius 2 is 1.93 bits per heavy atom. The summed E-state index contributed by atoms with van der Waals surface area (Å²) in [5, 5.41) is 11.9. The SMILES string of the molecule is CCC(C)c1ccc2oc(-c3ccc(NC4=CC(=O)N(CCO)C4=O)cc3)nc2c1. The molecule has 0 fully saturated rings. The number of anilines is 1. The molecule has 0 saturated carbocycles. The van der Waals surface area contributed by atoms with Gasteiger partial charge in [-0.3, -0.25) is 14.5 Å². The Balaban J connectivity index is 1.52. The van der Waals surface area contributed by atoms with Gasteiger partial charge in [-0.25, -0.2) is 4.98 Å². The number of hydrogen-bond donors (Lipinski definition) is 2. The number of carbonyl (C=O) groups is 2. The van der Waals surface area contributed by atoms with Gasteiger partial charge in [-0.15, -0.1) is 0 Å². The highest BCUT2D eigenvalue weighted by Gasteiger charge is 2.30. The second-order valence-corrected chi connectivity index (χ2v) is 7.33. The number of fused-ring (bicyclic) bond motifs is 1. The van der Waals surface area contributed by atoms with Crippen LogP contribution in [0.25, 0.3) is 22.6 Å². The lowest BCUT2D eigenvalue weighted by atomic mass is 9.98. The lowest BCUT2D eigenvalue weighted by Gasteiger charge is -2.13. The van der Waals surface area contributed by atoms with Crippen LogP contribution in [0.4, 0.5) is 5.69 Å². The standard InChI is InChI=1S/C23H23N3O4/c1-3-14(2)16-6-9-20-18(12-16)25-22(30-20)15-4-7-17(8-5-15)24-19-13-21(28)26(10-11-27)23(19)29/h4-9,12-14,24,27H,3,10-11H2,1-2H3. The lowest BCUT2D eigenvalue weighted by Crippen LogP contribution is -2.34. The van der Waals surface area contributed by atoms with Crippen LogP contribution in [0.1, 0.15) is 31.7 Å². The number of carbonyl (C=O) groups excluding carboxylic acids is 2. The van der Waals surface area contributed by atoms with Gasteiger partial charge in [0.15, 0.2) is 5.58 Å². The summed E-state index contributed by atoms with van der Waals surface area (Å²) in [6.45, 7) is 4.06. The number of hydrogen-bond acceptors (Lipinski definition) is 6. The van der Waals surface area contributed by atoms with E-state index in [4.69, 9.17) is 9.52 Å². The van der Waals surface area contributed by atoms with E-state index in [1.165, 1.54) is 11.6 Å². The zero-order chi connectivity index (χ0) is 21.3. The maximum atomic E-state index is 12.2. The molecular formula is C23H23N3O4. The summed E-state index contributed by atoms with van der Waals surface area (Å²) in [5.74, 6) is 0.108. The molecule has 2 heterocycles. The van der Waals surface area contributed by atoms with E-state index in [-0.39, 0.29) is 18.8 Å². The van der Waals surface area contributed by atoms with Gasteiger partial charge in [0.1, 0.15) is 11.2 Å². The van der Waals surface area contributed by atoms with Gasteiger partial charge >= 0.3 is 0 Å². The molecule has 3 aromatic rings. The van der Waals surface area contributed by atoms with Gasteiger partial charge in [0, 0.05) is 17.3 Å². The number of imide groups is 1. The number of aliphatic hydroxyl groups excluding tert-OH is 1. The van der Waals surface area contributed by atoms with Crippen LogP contribution in [0.2, 0.25) is 0 Å². The van der Waals surface area contributed by atoms with Crippen LogP contribution in [0.3, 0.4) is 0 Å². The highest BCUT2D eigenvalue weighted by atomic mass is 16.3. The fourth-order valence-electron chi connectivity index (χ4n) is 3.37. The fraction of sp³-hybridized carbons (Fsp3) is 0.261. The first-order chi connectivity index (χ1) is 14.5. The molecule has 0 radical (unpaired) electrons. The Morgan fingerprint density at radius 3 is 2.63 bits per heavy atom. The van der Waals surface area contributed by atoms with E-state index < -0.39 is 11.8 Å². The Hall–Kier alpha value is -3.45. The van der Waals surface area contributed by atoms with Crippen LogP contribution in [0.15, 0.2) is 58.7 Å². The number of rotatable bonds is 7. The van der Waals surface area contributed by atoms with Crippen LogP contribution in [-0.2, 0) is 9.59 Å². The Kier molecular flexibility index (Phi) is 5.37. The number of aromatic nitrogens is 1. The first-order valence-corrected chi connectivity index (χ1v) is 9.96. The van der Waals surface area contributed by atoms with Crippen LogP contribution >= 0.6 is 0 Å². The number of oxazole rings is 1. The second kappa shape index (κ2) is 8.12. The molecule has 1 aromatic heterocycles. The maximum absolute atomic E-state index is 12.2. The number of β-amino-alcohol motifs (C(OH)–C–C–N with tert-alkyl or cyclic N) is 1. The van der Waals surface area contributed by atoms with Crippen molar-refractivity contribution in [3.63, 3.8) is 0 Å². The molecule has 4 rings (SSSR count). The third-order valence-electron chi connectivity index (χ3n) is 5.34. The zero-order valence-corrected chi connectivity index (χ0v) is 16.9. The van der Waals surface area contributed by atoms with Gasteiger partial charge in [-0.2, -0.15) is 0 Å². The van der Waals surface area contributed by atoms with Crippen molar-refractivity contribution in [2.24, 2.45) is 0 Å². The van der Waals surface area contributed by atoms with Crippen LogP contribution in [0.5, 0.6) is 0 Å². The molecule has 0 aliphatic carbocycles. The molecule has 0 bridgehead atoms. The monoisotopic (exact) mass is 405 g/mol. The summed E-state index contributed by atoms with van der Waals surface area (Å²) in [7, 11) is 0. The molecule has 7 heteroatoms. The van der Waals surface area contributed by atoms with E-state index in [2.05, 4.69) is 36.3 Å². The molecule has 2 amide bonds. The first-order valence-electron chi connectivity index (χ1n) is 9.96. The molecule has 30 heavy (non-hydrogen) atoms. The van der Waals surface area contributed by atoms with Crippen molar-refractivity contribution >= 4 is 28.6 Å². The van der Waals surface area contributed by atoms with Crippen LogP contribution in [-0.4, -0.2) is 40.0 Å². The Labute approximate surface area is 174 Å². The Morgan fingerprint density at radius 1 is 1.17 bits per heavy atom. The number of amides is 2. The third kappa shape index (κ3) is 3.71. The minimum absolute atomic E-state index is 0.0191. The predicted molar refractivity (Wildman–Crippen MR) is 114 cm³/mol. The molecule has 2 aromatic carbocycles. The van der Waals surface area contributed by atoms with Gasteiger partial charge in [-0.1, -0.05) is 19.9 Å². The topological polar surface area (TPSA) is 95.7 Å². The summed E-state index contributed by atoms with van der Waals surface area (Å²) >= 11 is 0. The van der Waals surface area contributed by atoms with Crippen molar-refractivity contribution in [3.8, 4) is 11.5 Å². The van der Waals surface area contributed by atoms with Gasteiger partial charge in [0.05, 0.1) is 13.2 Å². The van der Waals surface area contributed by atoms with Gasteiger partial charge in [0.25, 0.3) is 11.8 Å². The average Bonchev–Trinajstić information content (AvgIpc) is 3.30. The smallest absolute Gasteiger partial charge is 0.277 e. The molecule has 154 valence electrons. The van der Waals surface area contributed by atoms with Gasteiger partial charge in [-0.05, 0) is 54.3 Å². The normalized spacial score (nSPS) is 15.0. The molecule has 0 spiro atoms. The van der Waals surface area contributed by atoms with Crippen molar-refractivity contribution in [2.45, 2.75) is 26.2 Å². The van der Waals surface area contributed by atoms with Crippen LogP contribution in [0, 0.1) is 0 Å². The van der Waals surface area contributed by atoms with Gasteiger partial charge < -0.3 is 14.8 Å². The van der Waals surface area contributed by atoms with Crippen molar-refractivity contribution in [2.75, 3.05) is 18.5 Å². The van der Waals surface area contributed by atoms with E-state index in [9.17, 15) is 9.59 Å². The van der Waals surface area contributed by atoms with E-state index in [1.54, 1.807) is 12.1 Å². The molecular weight excluding hydrogens is 382 g/mol. The summed E-state index contributed by atoms with van der Waals surface area (Å²) in [4.78, 5) is 29.7. The van der Waals surface area contributed by atoms with Crippen molar-refractivity contribution in [1.29, 1.82) is 0 Å². The summed E-state index contributed by atoms with van der Waals surface area (Å²) in [6.07, 6.45) is 2.30. The maximum Gasteiger partial charge on any atom is 0.277 e. The van der Waals surface area contributed by atoms with Gasteiger partial charge in [0.2, 0.25) is 5.89 Å². The van der Waals surface area contributed by atoms with Crippen molar-refractivity contribution in [3.05, 3.63) is 59.8 Å². The number of aliphatic hydroxyl groups is 1. The fourth-order valence-corrected chi connectivity index (χ4v) is 3.37. The average molecular weight is 405 g/mol. The highest BCUT2D eigenvalue weighted by Crippen LogP contribution is 2.29. The first kappa shape index (κ1) is 19.8. The van der Waals surface area contributed by atoms with E-state index >= 15 is 0 Å². The molecule has 0 saturated heterocycles. The van der Waals surface area contributed by atoms with E-state index in [1.807, 2.05) is 18.2 Å². The van der Waals surface area contributed by atoms with E-state index in [0.29, 0.717) is 17.5 Å². The largest absolute Gasteiger partial charge is 0.436 e. The second-order valence-electron chi connectivity index (χ2n) is 7.33. The summed E-state index contributed by atoms with van der Waals surface area (Å²) < 4.78 is 5.90. The molecule has 1 unspecified atom stereocenters. The summed E-state index contributed by atoms with van der Waals surface area (Å²) in [5.41, 5.74) is 4.46. The quantitative estimate of drug-likeness (QED) is 0.583. The minimum Gasteiger partial charge on any atom is -0.436 e. The highest BCUT2D eigenvalue weighted by molar-refractivity contribution is 6.17. The predicted octanol–water partition coefficient (Wildman–Crippen LogP) is 3.67. The molecule has 1 aliphatic heterocycles. The molecule has 1 atom stereocenters. The third-order valence-corrected chi connectivity index (χ3v) is 5.34.